The maximum absolute atomic E-state index is 6.02. The van der Waals surface area contributed by atoms with Crippen molar-refractivity contribution < 1.29 is 4.74 Å². The first kappa shape index (κ1) is 15.3. The molecule has 1 aliphatic heterocycles. The quantitative estimate of drug-likeness (QED) is 0.686. The van der Waals surface area contributed by atoms with Crippen LogP contribution in [0.15, 0.2) is 29.3 Å². The smallest absolute Gasteiger partial charge is 0.194 e. The van der Waals surface area contributed by atoms with Gasteiger partial charge in [0.25, 0.3) is 0 Å². The Bertz CT molecular complexity index is 525. The molecule has 4 heteroatoms. The SMILES string of the molecule is CCNC(=NCC1CC1)N1CCOC(c2ccccc2C)C1. The first-order chi connectivity index (χ1) is 10.8. The number of nitrogens with zero attached hydrogens (tertiary/aromatic N) is 2. The third-order valence-corrected chi connectivity index (χ3v) is 4.43. The third-order valence-electron chi connectivity index (χ3n) is 4.43. The molecule has 22 heavy (non-hydrogen) atoms. The molecule has 1 atom stereocenters. The van der Waals surface area contributed by atoms with Crippen molar-refractivity contribution in [2.75, 3.05) is 32.8 Å². The van der Waals surface area contributed by atoms with E-state index in [1.54, 1.807) is 0 Å². The van der Waals surface area contributed by atoms with Crippen LogP contribution >= 0.6 is 0 Å². The van der Waals surface area contributed by atoms with Crippen LogP contribution in [0.3, 0.4) is 0 Å². The lowest BCUT2D eigenvalue weighted by Gasteiger charge is -2.35. The second kappa shape index (κ2) is 7.14. The van der Waals surface area contributed by atoms with Crippen LogP contribution in [0.5, 0.6) is 0 Å². The van der Waals surface area contributed by atoms with E-state index in [9.17, 15) is 0 Å². The molecule has 1 saturated heterocycles. The van der Waals surface area contributed by atoms with Crippen LogP contribution in [0, 0.1) is 12.8 Å². The normalized spacial score (nSPS) is 22.7. The Morgan fingerprint density at radius 2 is 2.18 bits per heavy atom. The fraction of sp³-hybridized carbons (Fsp3) is 0.611. The van der Waals surface area contributed by atoms with E-state index >= 15 is 0 Å². The molecule has 120 valence electrons. The van der Waals surface area contributed by atoms with Gasteiger partial charge in [0.1, 0.15) is 6.10 Å². The van der Waals surface area contributed by atoms with E-state index in [2.05, 4.69) is 48.3 Å². The van der Waals surface area contributed by atoms with E-state index in [-0.39, 0.29) is 6.10 Å². The summed E-state index contributed by atoms with van der Waals surface area (Å²) in [4.78, 5) is 7.18. The van der Waals surface area contributed by atoms with Gasteiger partial charge in [0.2, 0.25) is 0 Å². The summed E-state index contributed by atoms with van der Waals surface area (Å²) in [6.07, 6.45) is 2.83. The van der Waals surface area contributed by atoms with Gasteiger partial charge in [0.15, 0.2) is 5.96 Å². The Balaban J connectivity index is 1.70. The van der Waals surface area contributed by atoms with Crippen LogP contribution in [0.25, 0.3) is 0 Å². The van der Waals surface area contributed by atoms with Crippen LogP contribution in [0.2, 0.25) is 0 Å². The van der Waals surface area contributed by atoms with Crippen LogP contribution < -0.4 is 5.32 Å². The standard InChI is InChI=1S/C18H27N3O/c1-3-19-18(20-12-15-8-9-15)21-10-11-22-17(13-21)16-7-5-4-6-14(16)2/h4-7,15,17H,3,8-13H2,1-2H3,(H,19,20). The van der Waals surface area contributed by atoms with Crippen molar-refractivity contribution >= 4 is 5.96 Å². The zero-order valence-corrected chi connectivity index (χ0v) is 13.7. The van der Waals surface area contributed by atoms with Crippen molar-refractivity contribution in [2.24, 2.45) is 10.9 Å². The van der Waals surface area contributed by atoms with Gasteiger partial charge in [-0.1, -0.05) is 24.3 Å². The van der Waals surface area contributed by atoms with Gasteiger partial charge in [-0.25, -0.2) is 0 Å². The average Bonchev–Trinajstić information content (AvgIpc) is 3.36. The number of aryl methyl sites for hydroxylation is 1. The van der Waals surface area contributed by atoms with E-state index in [0.29, 0.717) is 0 Å². The summed E-state index contributed by atoms with van der Waals surface area (Å²) >= 11 is 0. The molecule has 1 unspecified atom stereocenters. The van der Waals surface area contributed by atoms with Crippen molar-refractivity contribution in [2.45, 2.75) is 32.8 Å². The number of aliphatic imine (C=N–C) groups is 1. The largest absolute Gasteiger partial charge is 0.370 e. The number of hydrogen-bond donors (Lipinski definition) is 1. The second-order valence-electron chi connectivity index (χ2n) is 6.30. The molecule has 0 aromatic heterocycles. The van der Waals surface area contributed by atoms with Crippen molar-refractivity contribution in [1.29, 1.82) is 0 Å². The number of morpholine rings is 1. The Kier molecular flexibility index (Phi) is 4.98. The Morgan fingerprint density at radius 1 is 1.36 bits per heavy atom. The fourth-order valence-electron chi connectivity index (χ4n) is 2.92. The zero-order chi connectivity index (χ0) is 15.4. The Morgan fingerprint density at radius 3 is 2.91 bits per heavy atom. The summed E-state index contributed by atoms with van der Waals surface area (Å²) < 4.78 is 6.02. The molecule has 1 saturated carbocycles. The van der Waals surface area contributed by atoms with Gasteiger partial charge >= 0.3 is 0 Å². The van der Waals surface area contributed by atoms with E-state index in [1.807, 2.05) is 0 Å². The van der Waals surface area contributed by atoms with Crippen LogP contribution in [0.1, 0.15) is 37.0 Å². The number of nitrogens with one attached hydrogen (secondary N) is 1. The highest BCUT2D eigenvalue weighted by molar-refractivity contribution is 5.80. The minimum absolute atomic E-state index is 0.139. The predicted octanol–water partition coefficient (Wildman–Crippen LogP) is 2.74. The van der Waals surface area contributed by atoms with Crippen molar-refractivity contribution in [3.8, 4) is 0 Å². The number of ether oxygens (including phenoxy) is 1. The lowest BCUT2D eigenvalue weighted by Crippen LogP contribution is -2.48. The third kappa shape index (κ3) is 3.80. The second-order valence-corrected chi connectivity index (χ2v) is 6.30. The molecule has 3 rings (SSSR count). The molecule has 0 amide bonds. The van der Waals surface area contributed by atoms with E-state index < -0.39 is 0 Å². The fourth-order valence-corrected chi connectivity index (χ4v) is 2.92. The number of rotatable bonds is 4. The lowest BCUT2D eigenvalue weighted by atomic mass is 10.0. The van der Waals surface area contributed by atoms with Crippen molar-refractivity contribution in [3.63, 3.8) is 0 Å². The Labute approximate surface area is 133 Å². The minimum atomic E-state index is 0.139. The summed E-state index contributed by atoms with van der Waals surface area (Å²) in [6, 6.07) is 8.51. The average molecular weight is 301 g/mol. The number of hydrogen-bond acceptors (Lipinski definition) is 2. The molecule has 0 radical (unpaired) electrons. The van der Waals surface area contributed by atoms with E-state index in [1.165, 1.54) is 24.0 Å². The van der Waals surface area contributed by atoms with E-state index in [0.717, 1.165) is 44.7 Å². The van der Waals surface area contributed by atoms with Gasteiger partial charge in [-0.15, -0.1) is 0 Å². The van der Waals surface area contributed by atoms with Gasteiger partial charge in [0, 0.05) is 19.6 Å². The van der Waals surface area contributed by atoms with Gasteiger partial charge in [-0.05, 0) is 43.7 Å². The van der Waals surface area contributed by atoms with Crippen LogP contribution in [-0.4, -0.2) is 43.6 Å². The first-order valence-electron chi connectivity index (χ1n) is 8.48. The number of benzene rings is 1. The van der Waals surface area contributed by atoms with Crippen molar-refractivity contribution in [1.82, 2.24) is 10.2 Å². The maximum Gasteiger partial charge on any atom is 0.194 e. The minimum Gasteiger partial charge on any atom is -0.370 e. The molecule has 0 bridgehead atoms. The molecular formula is C18H27N3O. The Hall–Kier alpha value is -1.55. The van der Waals surface area contributed by atoms with E-state index in [4.69, 9.17) is 9.73 Å². The molecular weight excluding hydrogens is 274 g/mol. The monoisotopic (exact) mass is 301 g/mol. The highest BCUT2D eigenvalue weighted by Crippen LogP contribution is 2.29. The topological polar surface area (TPSA) is 36.9 Å². The predicted molar refractivity (Wildman–Crippen MR) is 90.1 cm³/mol. The molecule has 4 nitrogen and oxygen atoms in total. The highest BCUT2D eigenvalue weighted by Gasteiger charge is 2.26. The summed E-state index contributed by atoms with van der Waals surface area (Å²) in [7, 11) is 0. The molecule has 2 fully saturated rings. The summed E-state index contributed by atoms with van der Waals surface area (Å²) in [5.41, 5.74) is 2.60. The first-order valence-corrected chi connectivity index (χ1v) is 8.48. The lowest BCUT2D eigenvalue weighted by molar-refractivity contribution is -0.00833. The van der Waals surface area contributed by atoms with Crippen molar-refractivity contribution in [3.05, 3.63) is 35.4 Å². The zero-order valence-electron chi connectivity index (χ0n) is 13.7. The number of guanidine groups is 1. The molecule has 1 N–H and O–H groups in total. The van der Waals surface area contributed by atoms with Crippen LogP contribution in [-0.2, 0) is 4.74 Å². The van der Waals surface area contributed by atoms with Gasteiger partial charge in [-0.2, -0.15) is 0 Å². The molecule has 2 aliphatic rings. The molecule has 1 heterocycles. The highest BCUT2D eigenvalue weighted by atomic mass is 16.5. The van der Waals surface area contributed by atoms with Gasteiger partial charge in [0.05, 0.1) is 13.2 Å². The molecule has 1 aromatic carbocycles. The molecule has 1 aliphatic carbocycles. The summed E-state index contributed by atoms with van der Waals surface area (Å²) in [5.74, 6) is 1.87. The summed E-state index contributed by atoms with van der Waals surface area (Å²) in [6.45, 7) is 8.72. The maximum atomic E-state index is 6.02. The van der Waals surface area contributed by atoms with Gasteiger partial charge in [-0.3, -0.25) is 4.99 Å². The summed E-state index contributed by atoms with van der Waals surface area (Å²) in [5, 5.41) is 3.44. The van der Waals surface area contributed by atoms with Gasteiger partial charge < -0.3 is 15.0 Å². The van der Waals surface area contributed by atoms with Crippen LogP contribution in [0.4, 0.5) is 0 Å². The molecule has 1 aromatic rings. The molecule has 0 spiro atoms.